The van der Waals surface area contributed by atoms with E-state index in [1.165, 1.54) is 24.9 Å². The fraction of sp³-hybridized carbons (Fsp3) is 0.615. The van der Waals surface area contributed by atoms with Crippen molar-refractivity contribution in [1.82, 2.24) is 15.2 Å². The second-order valence-electron chi connectivity index (χ2n) is 4.51. The quantitative estimate of drug-likeness (QED) is 0.838. The number of nitrogens with one attached hydrogen (secondary N) is 1. The van der Waals surface area contributed by atoms with E-state index in [0.29, 0.717) is 6.04 Å². The van der Waals surface area contributed by atoms with Crippen molar-refractivity contribution in [1.29, 1.82) is 0 Å². The maximum atomic E-state index is 4.17. The molecule has 1 N–H and O–H groups in total. The first-order valence-electron chi connectivity index (χ1n) is 6.23. The Labute approximate surface area is 97.9 Å². The summed E-state index contributed by atoms with van der Waals surface area (Å²) in [4.78, 5) is 6.70. The summed E-state index contributed by atoms with van der Waals surface area (Å²) >= 11 is 0. The molecule has 2 heterocycles. The smallest absolute Gasteiger partial charge is 0.0312 e. The van der Waals surface area contributed by atoms with Crippen LogP contribution in [-0.2, 0) is 6.54 Å². The first kappa shape index (κ1) is 11.6. The van der Waals surface area contributed by atoms with Gasteiger partial charge in [-0.15, -0.1) is 0 Å². The maximum absolute atomic E-state index is 4.17. The molecule has 1 aromatic heterocycles. The van der Waals surface area contributed by atoms with Crippen molar-refractivity contribution in [3.8, 4) is 0 Å². The summed E-state index contributed by atoms with van der Waals surface area (Å²) in [5, 5.41) is 3.59. The van der Waals surface area contributed by atoms with Crippen molar-refractivity contribution in [3.63, 3.8) is 0 Å². The van der Waals surface area contributed by atoms with E-state index in [4.69, 9.17) is 0 Å². The summed E-state index contributed by atoms with van der Waals surface area (Å²) < 4.78 is 0. The zero-order chi connectivity index (χ0) is 11.2. The summed E-state index contributed by atoms with van der Waals surface area (Å²) in [6.07, 6.45) is 6.27. The number of hydrogen-bond acceptors (Lipinski definition) is 3. The van der Waals surface area contributed by atoms with Gasteiger partial charge in [-0.25, -0.2) is 0 Å². The van der Waals surface area contributed by atoms with Crippen LogP contribution in [0.15, 0.2) is 24.5 Å². The van der Waals surface area contributed by atoms with Gasteiger partial charge in [0, 0.05) is 31.5 Å². The second kappa shape index (κ2) is 5.97. The lowest BCUT2D eigenvalue weighted by Crippen LogP contribution is -2.36. The minimum atomic E-state index is 0.652. The Morgan fingerprint density at radius 2 is 2.50 bits per heavy atom. The molecule has 0 amide bonds. The summed E-state index contributed by atoms with van der Waals surface area (Å²) in [7, 11) is 0. The molecular weight excluding hydrogens is 198 g/mol. The number of rotatable bonds is 3. The Hall–Kier alpha value is -0.930. The van der Waals surface area contributed by atoms with E-state index < -0.39 is 0 Å². The van der Waals surface area contributed by atoms with Crippen LogP contribution >= 0.6 is 0 Å². The highest BCUT2D eigenvalue weighted by atomic mass is 15.2. The summed E-state index contributed by atoms with van der Waals surface area (Å²) in [6, 6.07) is 4.83. The van der Waals surface area contributed by atoms with Gasteiger partial charge in [-0.1, -0.05) is 13.0 Å². The topological polar surface area (TPSA) is 28.2 Å². The largest absolute Gasteiger partial charge is 0.313 e. The second-order valence-corrected chi connectivity index (χ2v) is 4.51. The summed E-state index contributed by atoms with van der Waals surface area (Å²) in [5.74, 6) is 0. The van der Waals surface area contributed by atoms with E-state index >= 15 is 0 Å². The first-order valence-corrected chi connectivity index (χ1v) is 6.23. The zero-order valence-corrected chi connectivity index (χ0v) is 10.0. The molecular formula is C13H21N3. The summed E-state index contributed by atoms with van der Waals surface area (Å²) in [6.45, 7) is 6.79. The van der Waals surface area contributed by atoms with Gasteiger partial charge in [0.25, 0.3) is 0 Å². The van der Waals surface area contributed by atoms with Gasteiger partial charge in [0.1, 0.15) is 0 Å². The number of nitrogens with zero attached hydrogens (tertiary/aromatic N) is 2. The Bertz CT molecular complexity index is 299. The van der Waals surface area contributed by atoms with Crippen LogP contribution < -0.4 is 5.32 Å². The normalized spacial score (nSPS) is 22.9. The van der Waals surface area contributed by atoms with E-state index in [9.17, 15) is 0 Å². The molecule has 0 saturated carbocycles. The minimum Gasteiger partial charge on any atom is -0.313 e. The van der Waals surface area contributed by atoms with Crippen molar-refractivity contribution in [2.75, 3.05) is 19.6 Å². The molecule has 0 radical (unpaired) electrons. The monoisotopic (exact) mass is 219 g/mol. The first-order chi connectivity index (χ1) is 7.88. The number of aromatic nitrogens is 1. The maximum Gasteiger partial charge on any atom is 0.0312 e. The molecule has 2 rings (SSSR count). The molecule has 16 heavy (non-hydrogen) atoms. The van der Waals surface area contributed by atoms with Crippen molar-refractivity contribution in [2.45, 2.75) is 32.4 Å². The number of hydrogen-bond donors (Lipinski definition) is 1. The predicted molar refractivity (Wildman–Crippen MR) is 66.2 cm³/mol. The third-order valence-electron chi connectivity index (χ3n) is 3.18. The van der Waals surface area contributed by atoms with Gasteiger partial charge in [0.15, 0.2) is 0 Å². The van der Waals surface area contributed by atoms with Gasteiger partial charge in [-0.3, -0.25) is 9.88 Å². The standard InChI is InChI=1S/C13H21N3/c1-2-13-11-16(8-4-7-15-13)10-12-5-3-6-14-9-12/h3,5-6,9,13,15H,2,4,7-8,10-11H2,1H3. The Morgan fingerprint density at radius 3 is 3.25 bits per heavy atom. The van der Waals surface area contributed by atoms with Crippen LogP contribution in [0.25, 0.3) is 0 Å². The van der Waals surface area contributed by atoms with Gasteiger partial charge >= 0.3 is 0 Å². The van der Waals surface area contributed by atoms with Crippen LogP contribution in [0, 0.1) is 0 Å². The van der Waals surface area contributed by atoms with E-state index in [0.717, 1.165) is 19.6 Å². The highest BCUT2D eigenvalue weighted by Crippen LogP contribution is 2.08. The molecule has 0 aliphatic carbocycles. The fourth-order valence-corrected chi connectivity index (χ4v) is 2.24. The Balaban J connectivity index is 1.93. The molecule has 1 fully saturated rings. The third kappa shape index (κ3) is 3.29. The average Bonchev–Trinajstić information content (AvgIpc) is 2.55. The fourth-order valence-electron chi connectivity index (χ4n) is 2.24. The van der Waals surface area contributed by atoms with Crippen molar-refractivity contribution < 1.29 is 0 Å². The van der Waals surface area contributed by atoms with Crippen LogP contribution in [0.4, 0.5) is 0 Å². The van der Waals surface area contributed by atoms with Gasteiger partial charge in [-0.05, 0) is 37.6 Å². The summed E-state index contributed by atoms with van der Waals surface area (Å²) in [5.41, 5.74) is 1.32. The molecule has 0 aromatic carbocycles. The van der Waals surface area contributed by atoms with Gasteiger partial charge < -0.3 is 5.32 Å². The molecule has 88 valence electrons. The molecule has 0 spiro atoms. The zero-order valence-electron chi connectivity index (χ0n) is 10.0. The molecule has 1 atom stereocenters. The molecule has 3 heteroatoms. The Kier molecular flexibility index (Phi) is 4.31. The minimum absolute atomic E-state index is 0.652. The van der Waals surface area contributed by atoms with Crippen molar-refractivity contribution in [3.05, 3.63) is 30.1 Å². The SMILES string of the molecule is CCC1CN(Cc2cccnc2)CCCN1. The average molecular weight is 219 g/mol. The van der Waals surface area contributed by atoms with E-state index in [2.05, 4.69) is 28.2 Å². The van der Waals surface area contributed by atoms with E-state index in [-0.39, 0.29) is 0 Å². The molecule has 3 nitrogen and oxygen atoms in total. The molecule has 1 aromatic rings. The molecule has 1 unspecified atom stereocenters. The molecule has 1 aliphatic rings. The molecule has 1 saturated heterocycles. The lowest BCUT2D eigenvalue weighted by atomic mass is 10.2. The van der Waals surface area contributed by atoms with Crippen molar-refractivity contribution >= 4 is 0 Å². The van der Waals surface area contributed by atoms with Crippen LogP contribution in [0.2, 0.25) is 0 Å². The predicted octanol–water partition coefficient (Wildman–Crippen LogP) is 1.66. The molecule has 0 bridgehead atoms. The van der Waals surface area contributed by atoms with E-state index in [1.807, 2.05) is 18.5 Å². The van der Waals surface area contributed by atoms with Crippen LogP contribution in [0.3, 0.4) is 0 Å². The highest BCUT2D eigenvalue weighted by molar-refractivity contribution is 5.08. The van der Waals surface area contributed by atoms with Crippen LogP contribution in [-0.4, -0.2) is 35.6 Å². The van der Waals surface area contributed by atoms with Gasteiger partial charge in [0.05, 0.1) is 0 Å². The Morgan fingerprint density at radius 1 is 1.56 bits per heavy atom. The molecule has 1 aliphatic heterocycles. The van der Waals surface area contributed by atoms with Gasteiger partial charge in [-0.2, -0.15) is 0 Å². The van der Waals surface area contributed by atoms with Crippen LogP contribution in [0.5, 0.6) is 0 Å². The van der Waals surface area contributed by atoms with E-state index in [1.54, 1.807) is 0 Å². The number of pyridine rings is 1. The van der Waals surface area contributed by atoms with Gasteiger partial charge in [0.2, 0.25) is 0 Å². The van der Waals surface area contributed by atoms with Crippen LogP contribution in [0.1, 0.15) is 25.3 Å². The lowest BCUT2D eigenvalue weighted by Gasteiger charge is -2.23. The third-order valence-corrected chi connectivity index (χ3v) is 3.18. The highest BCUT2D eigenvalue weighted by Gasteiger charge is 2.15. The van der Waals surface area contributed by atoms with Crippen molar-refractivity contribution in [2.24, 2.45) is 0 Å². The lowest BCUT2D eigenvalue weighted by molar-refractivity contribution is 0.257.